The number of nitrogens with two attached hydrogens (primary N) is 1. The molecule has 0 saturated carbocycles. The van der Waals surface area contributed by atoms with Crippen LogP contribution in [0, 0.1) is 0 Å². The number of guanidine groups is 1. The number of nitrogens with one attached hydrogen (secondary N) is 2. The van der Waals surface area contributed by atoms with Crippen molar-refractivity contribution < 1.29 is 8.42 Å². The standard InChI is InChI=1S/C13H20N4O2S.HI/c1-10(2)8-16-13(14)17-9-11-5-4-6-12(7-11)20(18,19)15-3;/h4-7,15H,1,8-9H2,2-3H3,(H3,14,16,17);1H. The number of nitrogens with zero attached hydrogens (tertiary/aromatic N) is 1. The van der Waals surface area contributed by atoms with Crippen LogP contribution in [-0.4, -0.2) is 28.0 Å². The van der Waals surface area contributed by atoms with Crippen LogP contribution >= 0.6 is 24.0 Å². The van der Waals surface area contributed by atoms with E-state index in [-0.39, 0.29) is 28.9 Å². The van der Waals surface area contributed by atoms with Crippen molar-refractivity contribution in [3.63, 3.8) is 0 Å². The Hall–Kier alpha value is -1.13. The highest BCUT2D eigenvalue weighted by molar-refractivity contribution is 14.0. The van der Waals surface area contributed by atoms with Gasteiger partial charge in [-0.2, -0.15) is 0 Å². The highest BCUT2D eigenvalue weighted by atomic mass is 127. The van der Waals surface area contributed by atoms with Crippen LogP contribution in [0.2, 0.25) is 0 Å². The summed E-state index contributed by atoms with van der Waals surface area (Å²) in [7, 11) is -2.06. The largest absolute Gasteiger partial charge is 0.370 e. The van der Waals surface area contributed by atoms with E-state index in [0.29, 0.717) is 19.0 Å². The Morgan fingerprint density at radius 2 is 2.10 bits per heavy atom. The first-order valence-electron chi connectivity index (χ1n) is 6.06. The Labute approximate surface area is 143 Å². The summed E-state index contributed by atoms with van der Waals surface area (Å²) in [6.07, 6.45) is 0. The summed E-state index contributed by atoms with van der Waals surface area (Å²) in [5.74, 6) is 0.301. The first-order chi connectivity index (χ1) is 9.35. The summed E-state index contributed by atoms with van der Waals surface area (Å²) >= 11 is 0. The lowest BCUT2D eigenvalue weighted by Gasteiger charge is -2.06. The monoisotopic (exact) mass is 424 g/mol. The van der Waals surface area contributed by atoms with E-state index in [2.05, 4.69) is 21.6 Å². The maximum absolute atomic E-state index is 11.7. The Morgan fingerprint density at radius 3 is 2.67 bits per heavy atom. The summed E-state index contributed by atoms with van der Waals surface area (Å²) in [6.45, 7) is 6.49. The molecule has 0 radical (unpaired) electrons. The number of hydrogen-bond acceptors (Lipinski definition) is 3. The molecule has 0 atom stereocenters. The molecule has 0 amide bonds. The van der Waals surface area contributed by atoms with Crippen molar-refractivity contribution >= 4 is 40.0 Å². The lowest BCUT2D eigenvalue weighted by Crippen LogP contribution is -2.32. The van der Waals surface area contributed by atoms with Crippen molar-refractivity contribution in [2.24, 2.45) is 10.7 Å². The van der Waals surface area contributed by atoms with Gasteiger partial charge in [-0.1, -0.05) is 24.3 Å². The first kappa shape index (κ1) is 19.9. The van der Waals surface area contributed by atoms with Gasteiger partial charge in [-0.05, 0) is 31.7 Å². The third-order valence-corrected chi connectivity index (χ3v) is 3.89. The van der Waals surface area contributed by atoms with Crippen molar-refractivity contribution in [1.29, 1.82) is 0 Å². The van der Waals surface area contributed by atoms with E-state index in [1.165, 1.54) is 13.1 Å². The maximum atomic E-state index is 11.7. The summed E-state index contributed by atoms with van der Waals surface area (Å²) < 4.78 is 25.6. The van der Waals surface area contributed by atoms with E-state index in [9.17, 15) is 8.42 Å². The van der Waals surface area contributed by atoms with Gasteiger partial charge >= 0.3 is 0 Å². The highest BCUT2D eigenvalue weighted by Gasteiger charge is 2.10. The number of halogens is 1. The van der Waals surface area contributed by atoms with Crippen molar-refractivity contribution in [2.45, 2.75) is 18.4 Å². The molecule has 0 aliphatic heterocycles. The van der Waals surface area contributed by atoms with Gasteiger partial charge in [-0.15, -0.1) is 24.0 Å². The molecule has 0 saturated heterocycles. The lowest BCUT2D eigenvalue weighted by atomic mass is 10.2. The topological polar surface area (TPSA) is 96.6 Å². The highest BCUT2D eigenvalue weighted by Crippen LogP contribution is 2.11. The molecule has 0 unspecified atom stereocenters. The van der Waals surface area contributed by atoms with Crippen molar-refractivity contribution in [1.82, 2.24) is 10.0 Å². The molecule has 6 nitrogen and oxygen atoms in total. The van der Waals surface area contributed by atoms with Crippen LogP contribution in [0.15, 0.2) is 46.3 Å². The second-order valence-corrected chi connectivity index (χ2v) is 6.25. The number of sulfonamides is 1. The predicted molar refractivity (Wildman–Crippen MR) is 96.2 cm³/mol. The Kier molecular flexibility index (Phi) is 8.52. The van der Waals surface area contributed by atoms with Gasteiger partial charge in [0, 0.05) is 6.54 Å². The summed E-state index contributed by atoms with van der Waals surface area (Å²) in [5, 5.41) is 2.91. The summed E-state index contributed by atoms with van der Waals surface area (Å²) in [5.41, 5.74) is 7.40. The summed E-state index contributed by atoms with van der Waals surface area (Å²) in [6, 6.07) is 6.57. The zero-order chi connectivity index (χ0) is 15.2. The second kappa shape index (κ2) is 9.00. The number of rotatable bonds is 6. The average molecular weight is 424 g/mol. The number of aliphatic imine (C=N–C) groups is 1. The molecular formula is C13H21IN4O2S. The molecule has 0 aliphatic carbocycles. The van der Waals surface area contributed by atoms with Crippen LogP contribution in [0.4, 0.5) is 0 Å². The fraction of sp³-hybridized carbons (Fsp3) is 0.308. The molecule has 0 bridgehead atoms. The Bertz CT molecular complexity index is 614. The van der Waals surface area contributed by atoms with Gasteiger partial charge in [0.05, 0.1) is 11.4 Å². The number of benzene rings is 1. The molecule has 1 aromatic carbocycles. The Morgan fingerprint density at radius 1 is 1.43 bits per heavy atom. The van der Waals surface area contributed by atoms with Crippen LogP contribution < -0.4 is 15.8 Å². The Balaban J connectivity index is 0.00000400. The smallest absolute Gasteiger partial charge is 0.240 e. The van der Waals surface area contributed by atoms with E-state index in [0.717, 1.165) is 11.1 Å². The maximum Gasteiger partial charge on any atom is 0.240 e. The molecule has 0 fully saturated rings. The summed E-state index contributed by atoms with van der Waals surface area (Å²) in [4.78, 5) is 4.35. The minimum Gasteiger partial charge on any atom is -0.370 e. The molecule has 4 N–H and O–H groups in total. The van der Waals surface area contributed by atoms with Crippen molar-refractivity contribution in [2.75, 3.05) is 13.6 Å². The normalized spacial score (nSPS) is 11.6. The SMILES string of the molecule is C=C(C)CNC(N)=NCc1cccc(S(=O)(=O)NC)c1.I. The van der Waals surface area contributed by atoms with Gasteiger partial charge in [0.25, 0.3) is 0 Å². The molecule has 1 rings (SSSR count). The number of hydrogen-bond donors (Lipinski definition) is 3. The fourth-order valence-corrected chi connectivity index (χ4v) is 2.20. The van der Waals surface area contributed by atoms with Gasteiger partial charge in [0.15, 0.2) is 5.96 Å². The second-order valence-electron chi connectivity index (χ2n) is 4.37. The van der Waals surface area contributed by atoms with E-state index >= 15 is 0 Å². The third-order valence-electron chi connectivity index (χ3n) is 2.48. The van der Waals surface area contributed by atoms with Gasteiger partial charge < -0.3 is 11.1 Å². The van der Waals surface area contributed by atoms with Crippen LogP contribution in [0.25, 0.3) is 0 Å². The molecule has 1 aromatic rings. The third kappa shape index (κ3) is 6.91. The van der Waals surface area contributed by atoms with Gasteiger partial charge in [0.1, 0.15) is 0 Å². The minimum absolute atomic E-state index is 0. The van der Waals surface area contributed by atoms with E-state index in [4.69, 9.17) is 5.73 Å². The zero-order valence-electron chi connectivity index (χ0n) is 12.1. The molecule has 0 aliphatic rings. The van der Waals surface area contributed by atoms with Gasteiger partial charge in [0.2, 0.25) is 10.0 Å². The zero-order valence-corrected chi connectivity index (χ0v) is 15.2. The van der Waals surface area contributed by atoms with Crippen molar-refractivity contribution in [3.8, 4) is 0 Å². The molecular weight excluding hydrogens is 403 g/mol. The molecule has 0 aromatic heterocycles. The molecule has 21 heavy (non-hydrogen) atoms. The van der Waals surface area contributed by atoms with Crippen LogP contribution in [0.1, 0.15) is 12.5 Å². The molecule has 0 heterocycles. The van der Waals surface area contributed by atoms with Crippen LogP contribution in [0.5, 0.6) is 0 Å². The quantitative estimate of drug-likeness (QED) is 0.277. The molecule has 118 valence electrons. The fourth-order valence-electron chi connectivity index (χ4n) is 1.40. The van der Waals surface area contributed by atoms with Gasteiger partial charge in [-0.3, -0.25) is 0 Å². The van der Waals surface area contributed by atoms with E-state index in [1.54, 1.807) is 18.2 Å². The first-order valence-corrected chi connectivity index (χ1v) is 7.54. The van der Waals surface area contributed by atoms with E-state index in [1.807, 2.05) is 6.92 Å². The van der Waals surface area contributed by atoms with E-state index < -0.39 is 10.0 Å². The van der Waals surface area contributed by atoms with Crippen LogP contribution in [0.3, 0.4) is 0 Å². The average Bonchev–Trinajstić information content (AvgIpc) is 2.43. The van der Waals surface area contributed by atoms with Crippen LogP contribution in [-0.2, 0) is 16.6 Å². The minimum atomic E-state index is -3.44. The van der Waals surface area contributed by atoms with Gasteiger partial charge in [-0.25, -0.2) is 18.1 Å². The van der Waals surface area contributed by atoms with Crippen molar-refractivity contribution in [3.05, 3.63) is 42.0 Å². The lowest BCUT2D eigenvalue weighted by molar-refractivity contribution is 0.588. The molecule has 0 spiro atoms. The predicted octanol–water partition coefficient (Wildman–Crippen LogP) is 1.19. The molecule has 8 heteroatoms.